The van der Waals surface area contributed by atoms with E-state index in [4.69, 9.17) is 0 Å². The summed E-state index contributed by atoms with van der Waals surface area (Å²) in [6.45, 7) is 8.74. The van der Waals surface area contributed by atoms with E-state index in [0.29, 0.717) is 12.4 Å². The molecule has 0 radical (unpaired) electrons. The summed E-state index contributed by atoms with van der Waals surface area (Å²) in [7, 11) is 0. The molecule has 20 heavy (non-hydrogen) atoms. The van der Waals surface area contributed by atoms with Crippen LogP contribution in [-0.4, -0.2) is 21.4 Å². The minimum Gasteiger partial charge on any atom is -0.310 e. The Morgan fingerprint density at radius 1 is 1.40 bits per heavy atom. The van der Waals surface area contributed by atoms with Crippen LogP contribution in [0.5, 0.6) is 0 Å². The van der Waals surface area contributed by atoms with Crippen LogP contribution in [0.25, 0.3) is 0 Å². The van der Waals surface area contributed by atoms with Gasteiger partial charge in [0.1, 0.15) is 5.82 Å². The molecule has 4 nitrogen and oxygen atoms in total. The van der Waals surface area contributed by atoms with Crippen molar-refractivity contribution in [2.24, 2.45) is 0 Å². The summed E-state index contributed by atoms with van der Waals surface area (Å²) in [6.07, 6.45) is 0.865. The molecule has 3 rings (SSSR count). The summed E-state index contributed by atoms with van der Waals surface area (Å²) in [5.74, 6) is 0.715. The van der Waals surface area contributed by atoms with Crippen molar-refractivity contribution in [2.45, 2.75) is 40.3 Å². The molecule has 1 aliphatic heterocycles. The van der Waals surface area contributed by atoms with Crippen molar-refractivity contribution in [3.8, 4) is 0 Å². The highest BCUT2D eigenvalue weighted by molar-refractivity contribution is 7.12. The molecule has 0 saturated carbocycles. The Morgan fingerprint density at radius 2 is 2.20 bits per heavy atom. The van der Waals surface area contributed by atoms with Gasteiger partial charge in [-0.25, -0.2) is 4.98 Å². The van der Waals surface area contributed by atoms with E-state index in [9.17, 15) is 4.79 Å². The van der Waals surface area contributed by atoms with Gasteiger partial charge in [-0.05, 0) is 32.4 Å². The summed E-state index contributed by atoms with van der Waals surface area (Å²) < 4.78 is 0. The number of aromatic nitrogens is 2. The number of H-pyrrole nitrogens is 1. The second kappa shape index (κ2) is 5.14. The lowest BCUT2D eigenvalue weighted by atomic mass is 10.1. The van der Waals surface area contributed by atoms with Gasteiger partial charge in [0.15, 0.2) is 0 Å². The highest BCUT2D eigenvalue weighted by Crippen LogP contribution is 2.24. The van der Waals surface area contributed by atoms with Crippen LogP contribution < -0.4 is 5.56 Å². The minimum absolute atomic E-state index is 0.0238. The van der Waals surface area contributed by atoms with Crippen LogP contribution in [0.4, 0.5) is 0 Å². The van der Waals surface area contributed by atoms with Gasteiger partial charge in [0.25, 0.3) is 5.56 Å². The number of nitrogens with one attached hydrogen (secondary N) is 1. The zero-order valence-electron chi connectivity index (χ0n) is 12.1. The third-order valence-corrected chi connectivity index (χ3v) is 5.00. The molecule has 0 unspecified atom stereocenters. The molecule has 0 aliphatic carbocycles. The predicted molar refractivity (Wildman–Crippen MR) is 81.2 cm³/mol. The van der Waals surface area contributed by atoms with Crippen LogP contribution in [0.15, 0.2) is 10.9 Å². The number of aromatic amines is 1. The monoisotopic (exact) mass is 289 g/mol. The van der Waals surface area contributed by atoms with E-state index in [1.165, 1.54) is 15.3 Å². The van der Waals surface area contributed by atoms with Crippen molar-refractivity contribution in [2.75, 3.05) is 6.54 Å². The molecule has 3 heterocycles. The number of hydrogen-bond acceptors (Lipinski definition) is 4. The molecule has 2 aromatic heterocycles. The highest BCUT2D eigenvalue weighted by atomic mass is 32.1. The lowest BCUT2D eigenvalue weighted by molar-refractivity contribution is 0.243. The molecule has 0 atom stereocenters. The molecule has 106 valence electrons. The molecule has 1 N–H and O–H groups in total. The van der Waals surface area contributed by atoms with Crippen molar-refractivity contribution in [1.82, 2.24) is 14.9 Å². The smallest absolute Gasteiger partial charge is 0.255 e. The van der Waals surface area contributed by atoms with Crippen LogP contribution in [-0.2, 0) is 19.5 Å². The van der Waals surface area contributed by atoms with Crippen LogP contribution in [0.3, 0.4) is 0 Å². The first-order valence-corrected chi connectivity index (χ1v) is 7.71. The van der Waals surface area contributed by atoms with E-state index in [-0.39, 0.29) is 5.56 Å². The van der Waals surface area contributed by atoms with Gasteiger partial charge in [-0.3, -0.25) is 9.69 Å². The number of fused-ring (bicyclic) bond motifs is 1. The largest absolute Gasteiger partial charge is 0.310 e. The summed E-state index contributed by atoms with van der Waals surface area (Å²) in [5, 5.41) is 0. The van der Waals surface area contributed by atoms with Crippen LogP contribution in [0.1, 0.15) is 32.4 Å². The quantitative estimate of drug-likeness (QED) is 0.923. The van der Waals surface area contributed by atoms with Crippen LogP contribution in [0.2, 0.25) is 0 Å². The van der Waals surface area contributed by atoms with E-state index >= 15 is 0 Å². The Morgan fingerprint density at radius 3 is 2.90 bits per heavy atom. The Labute approximate surface area is 122 Å². The summed E-state index contributed by atoms with van der Waals surface area (Å²) >= 11 is 1.85. The van der Waals surface area contributed by atoms with E-state index in [2.05, 4.69) is 34.8 Å². The predicted octanol–water partition coefficient (Wildman–Crippen LogP) is 2.31. The first-order valence-electron chi connectivity index (χ1n) is 6.90. The zero-order valence-corrected chi connectivity index (χ0v) is 12.9. The Kier molecular flexibility index (Phi) is 3.48. The summed E-state index contributed by atoms with van der Waals surface area (Å²) in [5.41, 5.74) is 3.20. The lowest BCUT2D eigenvalue weighted by Crippen LogP contribution is -2.35. The second-order valence-electron chi connectivity index (χ2n) is 5.49. The van der Waals surface area contributed by atoms with Crippen molar-refractivity contribution >= 4 is 11.3 Å². The van der Waals surface area contributed by atoms with Gasteiger partial charge in [0.2, 0.25) is 0 Å². The maximum atomic E-state index is 12.0. The molecule has 0 aromatic carbocycles. The minimum atomic E-state index is 0.0238. The average Bonchev–Trinajstić information content (AvgIpc) is 2.69. The molecule has 5 heteroatoms. The fraction of sp³-hybridized carbons (Fsp3) is 0.467. The van der Waals surface area contributed by atoms with Gasteiger partial charge in [0.05, 0.1) is 11.3 Å². The topological polar surface area (TPSA) is 49.0 Å². The van der Waals surface area contributed by atoms with E-state index in [0.717, 1.165) is 30.8 Å². The lowest BCUT2D eigenvalue weighted by Gasteiger charge is -2.27. The third kappa shape index (κ3) is 2.55. The molecule has 0 bridgehead atoms. The van der Waals surface area contributed by atoms with Gasteiger partial charge < -0.3 is 4.98 Å². The molecule has 0 fully saturated rings. The van der Waals surface area contributed by atoms with E-state index in [1.54, 1.807) is 0 Å². The summed E-state index contributed by atoms with van der Waals surface area (Å²) in [6, 6.07) is 2.26. The SMILES string of the molecule is Cc1nc2c(c(=O)[nH]1)CN(Cc1cc(C)c(C)s1)CC2. The van der Waals surface area contributed by atoms with E-state index in [1.807, 2.05) is 18.3 Å². The molecule has 0 saturated heterocycles. The van der Waals surface area contributed by atoms with Crippen molar-refractivity contribution in [3.05, 3.63) is 48.8 Å². The number of thiophene rings is 1. The Balaban J connectivity index is 1.80. The van der Waals surface area contributed by atoms with Crippen molar-refractivity contribution in [1.29, 1.82) is 0 Å². The third-order valence-electron chi connectivity index (χ3n) is 3.86. The highest BCUT2D eigenvalue weighted by Gasteiger charge is 2.21. The van der Waals surface area contributed by atoms with Gasteiger partial charge in [-0.2, -0.15) is 0 Å². The fourth-order valence-corrected chi connectivity index (χ4v) is 3.78. The molecule has 0 amide bonds. The van der Waals surface area contributed by atoms with Gasteiger partial charge in [0, 0.05) is 35.8 Å². The summed E-state index contributed by atoms with van der Waals surface area (Å²) in [4.78, 5) is 24.4. The Bertz CT molecular complexity index is 682. The molecule has 2 aromatic rings. The zero-order chi connectivity index (χ0) is 14.3. The first-order chi connectivity index (χ1) is 9.52. The maximum absolute atomic E-state index is 12.0. The molecular weight excluding hydrogens is 270 g/mol. The second-order valence-corrected chi connectivity index (χ2v) is 6.83. The molecular formula is C15H19N3OS. The van der Waals surface area contributed by atoms with Crippen LogP contribution in [0, 0.1) is 20.8 Å². The number of nitrogens with zero attached hydrogens (tertiary/aromatic N) is 2. The first kappa shape index (κ1) is 13.5. The normalized spacial score (nSPS) is 15.3. The van der Waals surface area contributed by atoms with Gasteiger partial charge in [-0.1, -0.05) is 0 Å². The number of hydrogen-bond donors (Lipinski definition) is 1. The van der Waals surface area contributed by atoms with E-state index < -0.39 is 0 Å². The molecule has 1 aliphatic rings. The number of rotatable bonds is 2. The number of aryl methyl sites for hydroxylation is 3. The van der Waals surface area contributed by atoms with Crippen LogP contribution >= 0.6 is 11.3 Å². The Hall–Kier alpha value is -1.46. The van der Waals surface area contributed by atoms with Gasteiger partial charge in [-0.15, -0.1) is 11.3 Å². The average molecular weight is 289 g/mol. The van der Waals surface area contributed by atoms with Crippen molar-refractivity contribution in [3.63, 3.8) is 0 Å². The van der Waals surface area contributed by atoms with Gasteiger partial charge >= 0.3 is 0 Å². The fourth-order valence-electron chi connectivity index (χ4n) is 2.69. The maximum Gasteiger partial charge on any atom is 0.255 e. The molecule has 0 spiro atoms. The van der Waals surface area contributed by atoms with Crippen molar-refractivity contribution < 1.29 is 0 Å². The standard InChI is InChI=1S/C15H19N3OS/c1-9-6-12(20-10(9)2)7-18-5-4-14-13(8-18)15(19)17-11(3)16-14/h6H,4-5,7-8H2,1-3H3,(H,16,17,19).